The van der Waals surface area contributed by atoms with Crippen molar-refractivity contribution >= 4 is 22.8 Å². The largest absolute Gasteiger partial charge is 0.443 e. The minimum Gasteiger partial charge on any atom is -0.443 e. The number of amides is 2. The van der Waals surface area contributed by atoms with E-state index in [9.17, 15) is 9.59 Å². The van der Waals surface area contributed by atoms with E-state index in [4.69, 9.17) is 4.74 Å². The number of fused-ring (bicyclic) bond motifs is 1. The summed E-state index contributed by atoms with van der Waals surface area (Å²) in [6.07, 6.45) is -0.672. The molecule has 3 aromatic rings. The highest BCUT2D eigenvalue weighted by molar-refractivity contribution is 5.96. The van der Waals surface area contributed by atoms with Crippen LogP contribution < -0.4 is 5.43 Å². The van der Waals surface area contributed by atoms with Crippen molar-refractivity contribution in [3.05, 3.63) is 83.9 Å². The van der Waals surface area contributed by atoms with Crippen LogP contribution in [-0.4, -0.2) is 22.6 Å². The van der Waals surface area contributed by atoms with E-state index in [0.29, 0.717) is 5.56 Å². The molecule has 29 heavy (non-hydrogen) atoms. The van der Waals surface area contributed by atoms with Gasteiger partial charge in [0.1, 0.15) is 5.60 Å². The van der Waals surface area contributed by atoms with Crippen molar-refractivity contribution in [1.82, 2.24) is 10.4 Å². The molecule has 0 bridgehead atoms. The van der Waals surface area contributed by atoms with E-state index in [-0.39, 0.29) is 5.91 Å². The molecular formula is C24H26N2O3. The number of hydrogen-bond donors (Lipinski definition) is 1. The lowest BCUT2D eigenvalue weighted by Crippen LogP contribution is -2.49. The molecule has 1 atom stereocenters. The van der Waals surface area contributed by atoms with E-state index in [1.807, 2.05) is 55.5 Å². The fraction of sp³-hybridized carbons (Fsp3) is 0.250. The minimum atomic E-state index is -0.672. The van der Waals surface area contributed by atoms with Gasteiger partial charge in [-0.3, -0.25) is 4.79 Å². The van der Waals surface area contributed by atoms with E-state index < -0.39 is 17.7 Å². The maximum absolute atomic E-state index is 13.3. The van der Waals surface area contributed by atoms with Crippen LogP contribution in [0.5, 0.6) is 0 Å². The Balaban J connectivity index is 1.99. The summed E-state index contributed by atoms with van der Waals surface area (Å²) < 4.78 is 5.38. The number of nitrogens with zero attached hydrogens (tertiary/aromatic N) is 1. The number of carbonyl (C=O) groups is 2. The van der Waals surface area contributed by atoms with Gasteiger partial charge in [-0.15, -0.1) is 0 Å². The molecule has 0 heterocycles. The first kappa shape index (κ1) is 20.4. The van der Waals surface area contributed by atoms with Crippen molar-refractivity contribution in [2.24, 2.45) is 0 Å². The SMILES string of the molecule is C[C@H](c1cccc2ccccc12)N(NC(=O)OC(C)(C)C)C(=O)c1ccccc1. The monoisotopic (exact) mass is 390 g/mol. The Morgan fingerprint density at radius 3 is 2.21 bits per heavy atom. The van der Waals surface area contributed by atoms with E-state index in [1.54, 1.807) is 45.0 Å². The number of hydrazine groups is 1. The Bertz CT molecular complexity index is 1000. The topological polar surface area (TPSA) is 58.6 Å². The third-order valence-corrected chi connectivity index (χ3v) is 4.51. The molecule has 0 saturated carbocycles. The minimum absolute atomic E-state index is 0.308. The van der Waals surface area contributed by atoms with Crippen molar-refractivity contribution in [3.63, 3.8) is 0 Å². The zero-order chi connectivity index (χ0) is 21.0. The Kier molecular flexibility index (Phi) is 5.87. The van der Waals surface area contributed by atoms with Crippen molar-refractivity contribution in [2.75, 3.05) is 0 Å². The number of rotatable bonds is 3. The molecule has 0 aliphatic rings. The molecule has 3 aromatic carbocycles. The molecule has 1 N–H and O–H groups in total. The van der Waals surface area contributed by atoms with Crippen molar-refractivity contribution < 1.29 is 14.3 Å². The molecule has 2 amide bonds. The predicted octanol–water partition coefficient (Wildman–Crippen LogP) is 5.48. The highest BCUT2D eigenvalue weighted by Crippen LogP contribution is 2.28. The fourth-order valence-corrected chi connectivity index (χ4v) is 3.20. The molecule has 0 radical (unpaired) electrons. The predicted molar refractivity (Wildman–Crippen MR) is 114 cm³/mol. The van der Waals surface area contributed by atoms with Crippen molar-refractivity contribution in [2.45, 2.75) is 39.3 Å². The standard InChI is InChI=1S/C24H26N2O3/c1-17(20-16-10-14-18-11-8-9-15-21(18)20)26(25-23(28)29-24(2,3)4)22(27)19-12-6-5-7-13-19/h5-17H,1-4H3,(H,25,28)/t17-/m1/s1. The lowest BCUT2D eigenvalue weighted by Gasteiger charge is -2.31. The van der Waals surface area contributed by atoms with Crippen LogP contribution in [0.4, 0.5) is 4.79 Å². The lowest BCUT2D eigenvalue weighted by molar-refractivity contribution is 0.0228. The summed E-state index contributed by atoms with van der Waals surface area (Å²) in [7, 11) is 0. The number of hydrogen-bond acceptors (Lipinski definition) is 3. The summed E-state index contributed by atoms with van der Waals surface area (Å²) in [6, 6.07) is 22.4. The number of nitrogens with one attached hydrogen (secondary N) is 1. The van der Waals surface area contributed by atoms with Crippen molar-refractivity contribution in [3.8, 4) is 0 Å². The van der Waals surface area contributed by atoms with Gasteiger partial charge >= 0.3 is 6.09 Å². The zero-order valence-corrected chi connectivity index (χ0v) is 17.2. The zero-order valence-electron chi connectivity index (χ0n) is 17.2. The molecule has 0 spiro atoms. The van der Waals surface area contributed by atoms with Crippen LogP contribution in [0.1, 0.15) is 49.7 Å². The maximum atomic E-state index is 13.3. The summed E-state index contributed by atoms with van der Waals surface area (Å²) in [5, 5.41) is 3.44. The maximum Gasteiger partial charge on any atom is 0.426 e. The van der Waals surface area contributed by atoms with Crippen LogP contribution in [0.25, 0.3) is 10.8 Å². The smallest absolute Gasteiger partial charge is 0.426 e. The molecule has 0 fully saturated rings. The Morgan fingerprint density at radius 1 is 0.897 bits per heavy atom. The highest BCUT2D eigenvalue weighted by atomic mass is 16.6. The summed E-state index contributed by atoms with van der Waals surface area (Å²) in [4.78, 5) is 25.7. The van der Waals surface area contributed by atoms with Crippen LogP contribution >= 0.6 is 0 Å². The van der Waals surface area contributed by atoms with Crippen LogP contribution in [0.15, 0.2) is 72.8 Å². The van der Waals surface area contributed by atoms with Crippen LogP contribution in [0, 0.1) is 0 Å². The molecule has 5 heteroatoms. The summed E-state index contributed by atoms with van der Waals surface area (Å²) in [6.45, 7) is 7.23. The Labute approximate surface area is 171 Å². The first-order valence-electron chi connectivity index (χ1n) is 9.62. The molecule has 5 nitrogen and oxygen atoms in total. The van der Waals surface area contributed by atoms with Crippen molar-refractivity contribution in [1.29, 1.82) is 0 Å². The first-order valence-corrected chi connectivity index (χ1v) is 9.62. The quantitative estimate of drug-likeness (QED) is 0.602. The number of carbonyl (C=O) groups excluding carboxylic acids is 2. The average Bonchev–Trinajstić information content (AvgIpc) is 2.70. The van der Waals surface area contributed by atoms with Gasteiger partial charge in [-0.2, -0.15) is 0 Å². The van der Waals surface area contributed by atoms with Gasteiger partial charge in [-0.05, 0) is 56.2 Å². The molecule has 0 aliphatic carbocycles. The van der Waals surface area contributed by atoms with Gasteiger partial charge in [0, 0.05) is 5.56 Å². The van der Waals surface area contributed by atoms with Gasteiger partial charge in [0.05, 0.1) is 6.04 Å². The second-order valence-electron chi connectivity index (χ2n) is 7.90. The van der Waals surface area contributed by atoms with E-state index in [1.165, 1.54) is 5.01 Å². The molecule has 0 unspecified atom stereocenters. The van der Waals surface area contributed by atoms with Gasteiger partial charge in [-0.1, -0.05) is 60.7 Å². The molecule has 0 saturated heterocycles. The van der Waals surface area contributed by atoms with Gasteiger partial charge in [0.15, 0.2) is 0 Å². The summed E-state index contributed by atoms with van der Waals surface area (Å²) in [5.74, 6) is -0.308. The second kappa shape index (κ2) is 8.35. The molecule has 150 valence electrons. The Morgan fingerprint density at radius 2 is 1.52 bits per heavy atom. The molecule has 0 aromatic heterocycles. The first-order chi connectivity index (χ1) is 13.8. The summed E-state index contributed by atoms with van der Waals surface area (Å²) >= 11 is 0. The van der Waals surface area contributed by atoms with Gasteiger partial charge in [-0.25, -0.2) is 15.2 Å². The second-order valence-corrected chi connectivity index (χ2v) is 7.90. The Hall–Kier alpha value is -3.34. The normalized spacial score (nSPS) is 12.3. The fourth-order valence-electron chi connectivity index (χ4n) is 3.20. The van der Waals surface area contributed by atoms with E-state index >= 15 is 0 Å². The van der Waals surface area contributed by atoms with Crippen LogP contribution in [0.3, 0.4) is 0 Å². The van der Waals surface area contributed by atoms with E-state index in [2.05, 4.69) is 5.43 Å². The van der Waals surface area contributed by atoms with Crippen LogP contribution in [-0.2, 0) is 4.74 Å². The van der Waals surface area contributed by atoms with Gasteiger partial charge < -0.3 is 4.74 Å². The summed E-state index contributed by atoms with van der Waals surface area (Å²) in [5.41, 5.74) is 3.40. The molecule has 0 aliphatic heterocycles. The lowest BCUT2D eigenvalue weighted by atomic mass is 9.99. The number of ether oxygens (including phenoxy) is 1. The molecule has 3 rings (SSSR count). The number of benzene rings is 3. The highest BCUT2D eigenvalue weighted by Gasteiger charge is 2.28. The molecular weight excluding hydrogens is 364 g/mol. The van der Waals surface area contributed by atoms with E-state index in [0.717, 1.165) is 16.3 Å². The average molecular weight is 390 g/mol. The third-order valence-electron chi connectivity index (χ3n) is 4.51. The third kappa shape index (κ3) is 4.93. The van der Waals surface area contributed by atoms with Gasteiger partial charge in [0.2, 0.25) is 0 Å². The van der Waals surface area contributed by atoms with Crippen LogP contribution in [0.2, 0.25) is 0 Å². The van der Waals surface area contributed by atoms with Gasteiger partial charge in [0.25, 0.3) is 5.91 Å².